The molecule has 1 aromatic heterocycles. The van der Waals surface area contributed by atoms with Crippen molar-refractivity contribution >= 4 is 40.0 Å². The molecule has 2 nitrogen and oxygen atoms in total. The second kappa shape index (κ2) is 4.69. The molecular formula is C16H11ClN2S. The first-order chi connectivity index (χ1) is 9.83. The summed E-state index contributed by atoms with van der Waals surface area (Å²) in [6.45, 7) is 0. The molecule has 0 saturated heterocycles. The van der Waals surface area contributed by atoms with E-state index < -0.39 is 0 Å². The fourth-order valence-corrected chi connectivity index (χ4v) is 3.53. The predicted molar refractivity (Wildman–Crippen MR) is 86.1 cm³/mol. The van der Waals surface area contributed by atoms with E-state index in [1.54, 1.807) is 11.8 Å². The Bertz CT molecular complexity index is 818. The van der Waals surface area contributed by atoms with E-state index in [1.165, 1.54) is 16.0 Å². The minimum Gasteiger partial charge on any atom is -0.349 e. The van der Waals surface area contributed by atoms with Crippen molar-refractivity contribution in [2.24, 2.45) is 4.99 Å². The van der Waals surface area contributed by atoms with Gasteiger partial charge < -0.3 is 4.98 Å². The number of hydrogen-bond acceptors (Lipinski definition) is 2. The molecule has 0 saturated carbocycles. The molecule has 98 valence electrons. The number of nitrogens with zero attached hydrogens (tertiary/aromatic N) is 1. The molecule has 4 heteroatoms. The Morgan fingerprint density at radius 1 is 1.05 bits per heavy atom. The lowest BCUT2D eigenvalue weighted by Gasteiger charge is -2.13. The molecule has 0 atom stereocenters. The van der Waals surface area contributed by atoms with Gasteiger partial charge in [-0.15, -0.1) is 0 Å². The number of benzene rings is 2. The molecule has 0 aliphatic carbocycles. The summed E-state index contributed by atoms with van der Waals surface area (Å²) in [5, 5.41) is 3.17. The lowest BCUT2D eigenvalue weighted by atomic mass is 10.0. The van der Waals surface area contributed by atoms with Gasteiger partial charge in [-0.2, -0.15) is 0 Å². The predicted octanol–water partition coefficient (Wildman–Crippen LogP) is 4.72. The molecule has 20 heavy (non-hydrogen) atoms. The van der Waals surface area contributed by atoms with Crippen LogP contribution in [-0.4, -0.2) is 16.6 Å². The highest BCUT2D eigenvalue weighted by molar-refractivity contribution is 7.99. The molecule has 2 aromatic carbocycles. The van der Waals surface area contributed by atoms with Gasteiger partial charge in [0.05, 0.1) is 16.6 Å². The number of rotatable bonds is 1. The minimum atomic E-state index is 0.748. The van der Waals surface area contributed by atoms with E-state index in [2.05, 4.69) is 23.2 Å². The number of para-hydroxylation sites is 1. The summed E-state index contributed by atoms with van der Waals surface area (Å²) in [6, 6.07) is 16.2. The number of aromatic nitrogens is 1. The van der Waals surface area contributed by atoms with Crippen LogP contribution < -0.4 is 0 Å². The van der Waals surface area contributed by atoms with Crippen molar-refractivity contribution in [3.63, 3.8) is 0 Å². The standard InChI is InChI=1S/C16H11ClN2S/c17-11-7-5-10(6-8-11)15-14-12-3-1-2-4-13(12)19-16(14)20-9-18-15/h1-8,19H,9H2. The van der Waals surface area contributed by atoms with Crippen LogP contribution in [-0.2, 0) is 0 Å². The fourth-order valence-electron chi connectivity index (χ4n) is 2.54. The van der Waals surface area contributed by atoms with Crippen molar-refractivity contribution in [1.82, 2.24) is 4.98 Å². The maximum atomic E-state index is 5.97. The lowest BCUT2D eigenvalue weighted by molar-refractivity contribution is 1.19. The number of thioether (sulfide) groups is 1. The van der Waals surface area contributed by atoms with Crippen molar-refractivity contribution in [2.45, 2.75) is 5.03 Å². The van der Waals surface area contributed by atoms with Crippen LogP contribution >= 0.6 is 23.4 Å². The summed E-state index contributed by atoms with van der Waals surface area (Å²) < 4.78 is 0. The van der Waals surface area contributed by atoms with Crippen molar-refractivity contribution in [2.75, 3.05) is 5.88 Å². The monoisotopic (exact) mass is 298 g/mol. The first kappa shape index (κ1) is 12.1. The Kier molecular flexibility index (Phi) is 2.83. The highest BCUT2D eigenvalue weighted by Gasteiger charge is 2.21. The first-order valence-electron chi connectivity index (χ1n) is 6.37. The van der Waals surface area contributed by atoms with E-state index >= 15 is 0 Å². The summed E-state index contributed by atoms with van der Waals surface area (Å²) in [4.78, 5) is 8.19. The number of aromatic amines is 1. The molecule has 4 rings (SSSR count). The Labute approximate surface area is 125 Å². The van der Waals surface area contributed by atoms with Crippen molar-refractivity contribution in [3.8, 4) is 0 Å². The first-order valence-corrected chi connectivity index (χ1v) is 7.73. The van der Waals surface area contributed by atoms with E-state index in [0.29, 0.717) is 0 Å². The van der Waals surface area contributed by atoms with Gasteiger partial charge in [-0.25, -0.2) is 0 Å². The summed E-state index contributed by atoms with van der Waals surface area (Å²) in [7, 11) is 0. The second-order valence-electron chi connectivity index (χ2n) is 4.66. The molecule has 0 radical (unpaired) electrons. The molecule has 3 aromatic rings. The van der Waals surface area contributed by atoms with Gasteiger partial charge in [-0.3, -0.25) is 4.99 Å². The third-order valence-electron chi connectivity index (χ3n) is 3.46. The number of aliphatic imine (C=N–C) groups is 1. The smallest absolute Gasteiger partial charge is 0.0912 e. The van der Waals surface area contributed by atoms with Crippen LogP contribution in [0.2, 0.25) is 5.02 Å². The molecule has 1 aliphatic rings. The molecular weight excluding hydrogens is 288 g/mol. The van der Waals surface area contributed by atoms with Gasteiger partial charge in [-0.05, 0) is 18.2 Å². The van der Waals surface area contributed by atoms with Crippen molar-refractivity contribution in [3.05, 3.63) is 64.7 Å². The topological polar surface area (TPSA) is 28.1 Å². The van der Waals surface area contributed by atoms with Gasteiger partial charge in [0.1, 0.15) is 0 Å². The molecule has 0 fully saturated rings. The Balaban J connectivity index is 1.95. The van der Waals surface area contributed by atoms with Gasteiger partial charge in [0.15, 0.2) is 0 Å². The molecule has 0 spiro atoms. The van der Waals surface area contributed by atoms with Crippen LogP contribution in [0.4, 0.5) is 0 Å². The molecule has 2 heterocycles. The van der Waals surface area contributed by atoms with E-state index in [0.717, 1.165) is 27.7 Å². The Morgan fingerprint density at radius 2 is 1.85 bits per heavy atom. The average Bonchev–Trinajstić information content (AvgIpc) is 2.86. The Morgan fingerprint density at radius 3 is 2.70 bits per heavy atom. The zero-order valence-corrected chi connectivity index (χ0v) is 12.1. The maximum Gasteiger partial charge on any atom is 0.0912 e. The van der Waals surface area contributed by atoms with Crippen LogP contribution in [0, 0.1) is 0 Å². The molecule has 0 unspecified atom stereocenters. The molecule has 0 bridgehead atoms. The van der Waals surface area contributed by atoms with E-state index in [1.807, 2.05) is 30.3 Å². The lowest BCUT2D eigenvalue weighted by Crippen LogP contribution is -2.08. The van der Waals surface area contributed by atoms with Gasteiger partial charge >= 0.3 is 0 Å². The SMILES string of the molecule is Clc1ccc(C2=NCSc3[nH]c4ccccc4c32)cc1. The Hall–Kier alpha value is -1.71. The van der Waals surface area contributed by atoms with Crippen molar-refractivity contribution in [1.29, 1.82) is 0 Å². The third kappa shape index (κ3) is 1.86. The van der Waals surface area contributed by atoms with E-state index in [4.69, 9.17) is 16.6 Å². The average molecular weight is 299 g/mol. The third-order valence-corrected chi connectivity index (χ3v) is 4.56. The van der Waals surface area contributed by atoms with Gasteiger partial charge in [0, 0.05) is 27.1 Å². The highest BCUT2D eigenvalue weighted by Crippen LogP contribution is 2.35. The summed E-state index contributed by atoms with van der Waals surface area (Å²) in [6.07, 6.45) is 0. The van der Waals surface area contributed by atoms with Crippen molar-refractivity contribution < 1.29 is 0 Å². The van der Waals surface area contributed by atoms with Crippen LogP contribution in [0.25, 0.3) is 10.9 Å². The fraction of sp³-hybridized carbons (Fsp3) is 0.0625. The van der Waals surface area contributed by atoms with Gasteiger partial charge in [0.2, 0.25) is 0 Å². The van der Waals surface area contributed by atoms with Gasteiger partial charge in [0.25, 0.3) is 0 Å². The highest BCUT2D eigenvalue weighted by atomic mass is 35.5. The number of H-pyrrole nitrogens is 1. The van der Waals surface area contributed by atoms with Crippen LogP contribution in [0.5, 0.6) is 0 Å². The minimum absolute atomic E-state index is 0.748. The molecule has 1 aliphatic heterocycles. The van der Waals surface area contributed by atoms with Crippen LogP contribution in [0.15, 0.2) is 58.5 Å². The normalized spacial score (nSPS) is 14.2. The van der Waals surface area contributed by atoms with Gasteiger partial charge in [-0.1, -0.05) is 53.7 Å². The van der Waals surface area contributed by atoms with Crippen LogP contribution in [0.3, 0.4) is 0 Å². The summed E-state index contributed by atoms with van der Waals surface area (Å²) >= 11 is 7.72. The molecule has 1 N–H and O–H groups in total. The second-order valence-corrected chi connectivity index (χ2v) is 6.05. The quantitative estimate of drug-likeness (QED) is 0.691. The summed E-state index contributed by atoms with van der Waals surface area (Å²) in [5.74, 6) is 0.748. The number of halogens is 1. The maximum absolute atomic E-state index is 5.97. The number of fused-ring (bicyclic) bond motifs is 3. The zero-order valence-electron chi connectivity index (χ0n) is 10.6. The zero-order chi connectivity index (χ0) is 13.5. The van der Waals surface area contributed by atoms with Crippen LogP contribution in [0.1, 0.15) is 11.1 Å². The largest absolute Gasteiger partial charge is 0.349 e. The summed E-state index contributed by atoms with van der Waals surface area (Å²) in [5.41, 5.74) is 4.53. The van der Waals surface area contributed by atoms with E-state index in [9.17, 15) is 0 Å². The number of nitrogens with one attached hydrogen (secondary N) is 1. The molecule has 0 amide bonds. The number of hydrogen-bond donors (Lipinski definition) is 1. The van der Waals surface area contributed by atoms with E-state index in [-0.39, 0.29) is 0 Å².